The largest absolute Gasteiger partial charge is 0.396 e. The van der Waals surface area contributed by atoms with Gasteiger partial charge in [-0.1, -0.05) is 26.7 Å². The lowest BCUT2D eigenvalue weighted by atomic mass is 9.47. The first-order valence-electron chi connectivity index (χ1n) is 12.3. The van der Waals surface area contributed by atoms with E-state index in [1.165, 1.54) is 17.7 Å². The Morgan fingerprint density at radius 3 is 2.76 bits per heavy atom. The Labute approximate surface area is 199 Å². The van der Waals surface area contributed by atoms with E-state index in [4.69, 9.17) is 4.98 Å². The number of nitrogens with zero attached hydrogens (tertiary/aromatic N) is 2. The summed E-state index contributed by atoms with van der Waals surface area (Å²) < 4.78 is 0. The lowest BCUT2D eigenvalue weighted by Crippen LogP contribution is -2.57. The molecule has 0 bridgehead atoms. The third kappa shape index (κ3) is 3.92. The average molecular weight is 470 g/mol. The number of aliphatic hydroxyl groups excluding tert-OH is 2. The van der Waals surface area contributed by atoms with Crippen LogP contribution in [0.1, 0.15) is 75.3 Å². The van der Waals surface area contributed by atoms with E-state index in [0.717, 1.165) is 41.9 Å². The first-order valence-corrected chi connectivity index (χ1v) is 13.1. The van der Waals surface area contributed by atoms with Crippen LogP contribution in [0.25, 0.3) is 10.6 Å². The van der Waals surface area contributed by atoms with Gasteiger partial charge in [0, 0.05) is 46.6 Å². The Balaban J connectivity index is 1.54. The van der Waals surface area contributed by atoms with Crippen LogP contribution in [0.3, 0.4) is 0 Å². The standard InChI is InChI=1S/C26H35N3O3S/c1-25-10-9-21(31)26(2,15-30)20(25)13-19-23(29-24(33-19)16-6-5-11-27-14-16)18(25)12-22(32)28-17-7-3-4-8-17/h5-6,11,14,17-18,20-21,30-31H,3-4,7-10,12-13,15H2,1-2H3,(H,28,32)/t18-,20+,21-,25+,26+/m1/s1. The summed E-state index contributed by atoms with van der Waals surface area (Å²) in [7, 11) is 0. The van der Waals surface area contributed by atoms with E-state index >= 15 is 0 Å². The van der Waals surface area contributed by atoms with Crippen molar-refractivity contribution in [1.82, 2.24) is 15.3 Å². The van der Waals surface area contributed by atoms with Crippen molar-refractivity contribution in [3.05, 3.63) is 35.1 Å². The minimum Gasteiger partial charge on any atom is -0.396 e. The Hall–Kier alpha value is -1.83. The monoisotopic (exact) mass is 469 g/mol. The Bertz CT molecular complexity index is 1010. The fraction of sp³-hybridized carbons (Fsp3) is 0.654. The van der Waals surface area contributed by atoms with Gasteiger partial charge >= 0.3 is 0 Å². The van der Waals surface area contributed by atoms with Gasteiger partial charge in [-0.3, -0.25) is 9.78 Å². The molecule has 0 unspecified atom stereocenters. The topological polar surface area (TPSA) is 95.3 Å². The predicted octanol–water partition coefficient (Wildman–Crippen LogP) is 4.07. The molecule has 0 aromatic carbocycles. The molecule has 3 N–H and O–H groups in total. The van der Waals surface area contributed by atoms with Crippen LogP contribution >= 0.6 is 11.3 Å². The summed E-state index contributed by atoms with van der Waals surface area (Å²) in [5.41, 5.74) is 1.22. The number of aromatic nitrogens is 2. The second kappa shape index (κ2) is 8.75. The number of carbonyl (C=O) groups excluding carboxylic acids is 1. The number of hydrogen-bond acceptors (Lipinski definition) is 6. The lowest BCUT2D eigenvalue weighted by molar-refractivity contribution is -0.144. The molecule has 5 rings (SSSR count). The van der Waals surface area contributed by atoms with Crippen molar-refractivity contribution in [3.63, 3.8) is 0 Å². The van der Waals surface area contributed by atoms with Crippen LogP contribution in [-0.4, -0.2) is 44.8 Å². The van der Waals surface area contributed by atoms with Crippen LogP contribution in [0.2, 0.25) is 0 Å². The van der Waals surface area contributed by atoms with Crippen molar-refractivity contribution in [1.29, 1.82) is 0 Å². The number of nitrogens with one attached hydrogen (secondary N) is 1. The molecule has 0 saturated heterocycles. The predicted molar refractivity (Wildman–Crippen MR) is 129 cm³/mol. The summed E-state index contributed by atoms with van der Waals surface area (Å²) in [4.78, 5) is 23.8. The fourth-order valence-corrected chi connectivity index (χ4v) is 7.96. The molecule has 2 aromatic heterocycles. The van der Waals surface area contributed by atoms with E-state index in [1.54, 1.807) is 17.5 Å². The van der Waals surface area contributed by atoms with Crippen LogP contribution in [0.4, 0.5) is 0 Å². The van der Waals surface area contributed by atoms with Crippen LogP contribution < -0.4 is 5.32 Å². The molecular formula is C26H35N3O3S. The number of hydrogen-bond donors (Lipinski definition) is 3. The smallest absolute Gasteiger partial charge is 0.220 e. The minimum atomic E-state index is -0.594. The highest BCUT2D eigenvalue weighted by Crippen LogP contribution is 2.62. The second-order valence-electron chi connectivity index (χ2n) is 10.9. The fourth-order valence-electron chi connectivity index (χ4n) is 6.80. The van der Waals surface area contributed by atoms with E-state index < -0.39 is 11.5 Å². The van der Waals surface area contributed by atoms with Crippen LogP contribution in [0.5, 0.6) is 0 Å². The molecule has 3 aliphatic carbocycles. The SMILES string of the molecule is C[C@]1(CO)[C@H]2Cc3sc(-c4cccnc4)nc3[C@@H](CC(=O)NC3CCCC3)[C@]2(C)CC[C@H]1O. The van der Waals surface area contributed by atoms with E-state index in [9.17, 15) is 15.0 Å². The maximum atomic E-state index is 13.2. The van der Waals surface area contributed by atoms with Gasteiger partial charge in [0.15, 0.2) is 0 Å². The van der Waals surface area contributed by atoms with Gasteiger partial charge in [-0.15, -0.1) is 11.3 Å². The van der Waals surface area contributed by atoms with E-state index in [1.807, 2.05) is 25.3 Å². The number of fused-ring (bicyclic) bond motifs is 2. The molecule has 2 fully saturated rings. The third-order valence-electron chi connectivity index (χ3n) is 8.91. The molecular weight excluding hydrogens is 434 g/mol. The quantitative estimate of drug-likeness (QED) is 0.614. The summed E-state index contributed by atoms with van der Waals surface area (Å²) in [6.45, 7) is 4.22. The summed E-state index contributed by atoms with van der Waals surface area (Å²) in [5, 5.41) is 25.5. The number of carbonyl (C=O) groups is 1. The van der Waals surface area contributed by atoms with Crippen molar-refractivity contribution in [3.8, 4) is 10.6 Å². The molecule has 1 amide bonds. The van der Waals surface area contributed by atoms with Gasteiger partial charge in [-0.05, 0) is 55.6 Å². The highest BCUT2D eigenvalue weighted by molar-refractivity contribution is 7.15. The van der Waals surface area contributed by atoms with Crippen molar-refractivity contribution in [2.24, 2.45) is 16.7 Å². The molecule has 3 aliphatic rings. The Morgan fingerprint density at radius 2 is 2.06 bits per heavy atom. The van der Waals surface area contributed by atoms with Gasteiger partial charge in [0.25, 0.3) is 0 Å². The van der Waals surface area contributed by atoms with Gasteiger partial charge in [-0.25, -0.2) is 4.98 Å². The Morgan fingerprint density at radius 1 is 1.27 bits per heavy atom. The number of pyridine rings is 1. The molecule has 6 nitrogen and oxygen atoms in total. The normalized spacial score (nSPS) is 34.0. The van der Waals surface area contributed by atoms with E-state index in [2.05, 4.69) is 17.2 Å². The van der Waals surface area contributed by atoms with Gasteiger partial charge in [0.05, 0.1) is 18.4 Å². The zero-order chi connectivity index (χ0) is 23.2. The number of rotatable bonds is 5. The molecule has 0 aliphatic heterocycles. The van der Waals surface area contributed by atoms with Gasteiger partial charge in [0.2, 0.25) is 5.91 Å². The number of amides is 1. The van der Waals surface area contributed by atoms with Gasteiger partial charge in [-0.2, -0.15) is 0 Å². The second-order valence-corrected chi connectivity index (χ2v) is 11.9. The maximum absolute atomic E-state index is 13.2. The van der Waals surface area contributed by atoms with Crippen molar-refractivity contribution < 1.29 is 15.0 Å². The van der Waals surface area contributed by atoms with Gasteiger partial charge in [0.1, 0.15) is 5.01 Å². The molecule has 0 spiro atoms. The molecule has 0 radical (unpaired) electrons. The summed E-state index contributed by atoms with van der Waals surface area (Å²) in [6.07, 6.45) is 10.2. The average Bonchev–Trinajstić information content (AvgIpc) is 3.48. The highest BCUT2D eigenvalue weighted by Gasteiger charge is 2.59. The lowest BCUT2D eigenvalue weighted by Gasteiger charge is -2.58. The molecule has 178 valence electrons. The number of aliphatic hydroxyl groups is 2. The van der Waals surface area contributed by atoms with E-state index in [0.29, 0.717) is 18.9 Å². The van der Waals surface area contributed by atoms with Crippen molar-refractivity contribution in [2.45, 2.75) is 83.3 Å². The number of thiazole rings is 1. The highest BCUT2D eigenvalue weighted by atomic mass is 32.1. The van der Waals surface area contributed by atoms with Crippen molar-refractivity contribution >= 4 is 17.2 Å². The zero-order valence-electron chi connectivity index (χ0n) is 19.6. The van der Waals surface area contributed by atoms with Crippen LogP contribution in [0.15, 0.2) is 24.5 Å². The zero-order valence-corrected chi connectivity index (χ0v) is 20.4. The molecule has 33 heavy (non-hydrogen) atoms. The maximum Gasteiger partial charge on any atom is 0.220 e. The van der Waals surface area contributed by atoms with Gasteiger partial charge < -0.3 is 15.5 Å². The molecule has 2 aromatic rings. The third-order valence-corrected chi connectivity index (χ3v) is 10.1. The first kappa shape index (κ1) is 22.9. The molecule has 7 heteroatoms. The summed E-state index contributed by atoms with van der Waals surface area (Å²) in [5.74, 6) is 0.151. The van der Waals surface area contributed by atoms with E-state index in [-0.39, 0.29) is 29.8 Å². The van der Waals surface area contributed by atoms with Crippen LogP contribution in [0, 0.1) is 16.7 Å². The van der Waals surface area contributed by atoms with Crippen molar-refractivity contribution in [2.75, 3.05) is 6.61 Å². The van der Waals surface area contributed by atoms with Crippen LogP contribution in [-0.2, 0) is 11.2 Å². The minimum absolute atomic E-state index is 0.0345. The summed E-state index contributed by atoms with van der Waals surface area (Å²) >= 11 is 1.67. The molecule has 2 saturated carbocycles. The summed E-state index contributed by atoms with van der Waals surface area (Å²) in [6, 6.07) is 4.24. The first-order chi connectivity index (χ1) is 15.8. The molecule has 5 atom stereocenters. The Kier molecular flexibility index (Phi) is 6.08. The molecule has 2 heterocycles.